The van der Waals surface area contributed by atoms with E-state index in [1.54, 1.807) is 53.4 Å². The quantitative estimate of drug-likeness (QED) is 0.268. The van der Waals surface area contributed by atoms with Crippen molar-refractivity contribution in [1.82, 2.24) is 14.2 Å². The van der Waals surface area contributed by atoms with Crippen molar-refractivity contribution in [3.8, 4) is 0 Å². The van der Waals surface area contributed by atoms with E-state index in [1.807, 2.05) is 36.4 Å². The fourth-order valence-electron chi connectivity index (χ4n) is 5.32. The lowest BCUT2D eigenvalue weighted by atomic mass is 10.1. The number of rotatable bonds is 12. The summed E-state index contributed by atoms with van der Waals surface area (Å²) in [4.78, 5) is 19.3. The van der Waals surface area contributed by atoms with Gasteiger partial charge in [0, 0.05) is 31.7 Å². The molecule has 0 radical (unpaired) electrons. The number of nitrogens with zero attached hydrogens (tertiary/aromatic N) is 3. The molecule has 4 aromatic rings. The maximum absolute atomic E-state index is 13.8. The summed E-state index contributed by atoms with van der Waals surface area (Å²) in [5.74, 6) is -0.00813. The molecule has 40 heavy (non-hydrogen) atoms. The lowest BCUT2D eigenvalue weighted by Gasteiger charge is -2.29. The standard InChI is InChI=1S/C31H35N3O5S/c35-27(22-33(20-19-24-11-3-1-4-12-24)30(36)26-15-5-2-6-16-26)23-34(21-25-13-7-8-14-25)40(37,38)31-32-28-17-9-10-18-29(28)39-31/h1-6,9-12,15-18,25,27,35H,7-8,13-14,19-23H2/t27-/m0/s1. The number of benzene rings is 3. The van der Waals surface area contributed by atoms with Gasteiger partial charge in [-0.1, -0.05) is 73.5 Å². The second-order valence-corrected chi connectivity index (χ2v) is 12.2. The molecule has 1 fully saturated rings. The maximum atomic E-state index is 13.8. The number of para-hydroxylation sites is 2. The number of aliphatic hydroxyl groups excluding tert-OH is 1. The van der Waals surface area contributed by atoms with Crippen molar-refractivity contribution in [2.45, 2.75) is 43.4 Å². The van der Waals surface area contributed by atoms with Crippen molar-refractivity contribution >= 4 is 27.0 Å². The zero-order valence-electron chi connectivity index (χ0n) is 22.4. The molecule has 3 aromatic carbocycles. The Bertz CT molecular complexity index is 1470. The Kier molecular flexibility index (Phi) is 8.94. The van der Waals surface area contributed by atoms with Gasteiger partial charge in [-0.25, -0.2) is 8.42 Å². The Balaban J connectivity index is 1.36. The van der Waals surface area contributed by atoms with E-state index in [-0.39, 0.29) is 36.7 Å². The van der Waals surface area contributed by atoms with Crippen molar-refractivity contribution in [2.24, 2.45) is 5.92 Å². The fourth-order valence-corrected chi connectivity index (χ4v) is 6.72. The van der Waals surface area contributed by atoms with E-state index < -0.39 is 16.1 Å². The summed E-state index contributed by atoms with van der Waals surface area (Å²) in [5, 5.41) is 10.9. The van der Waals surface area contributed by atoms with Gasteiger partial charge in [-0.05, 0) is 55.0 Å². The number of hydrogen-bond donors (Lipinski definition) is 1. The second kappa shape index (κ2) is 12.8. The molecule has 1 aliphatic carbocycles. The van der Waals surface area contributed by atoms with Crippen molar-refractivity contribution in [3.63, 3.8) is 0 Å². The van der Waals surface area contributed by atoms with E-state index >= 15 is 0 Å². The van der Waals surface area contributed by atoms with Gasteiger partial charge in [-0.3, -0.25) is 4.79 Å². The first-order valence-electron chi connectivity index (χ1n) is 13.8. The molecular weight excluding hydrogens is 526 g/mol. The Morgan fingerprint density at radius 2 is 1.57 bits per heavy atom. The molecule has 9 heteroatoms. The van der Waals surface area contributed by atoms with Crippen LogP contribution in [0.3, 0.4) is 0 Å². The van der Waals surface area contributed by atoms with Gasteiger partial charge in [-0.15, -0.1) is 0 Å². The third-order valence-corrected chi connectivity index (χ3v) is 9.03. The van der Waals surface area contributed by atoms with Crippen LogP contribution in [0.2, 0.25) is 0 Å². The summed E-state index contributed by atoms with van der Waals surface area (Å²) in [6.07, 6.45) is 3.49. The minimum Gasteiger partial charge on any atom is -0.427 e. The monoisotopic (exact) mass is 561 g/mol. The molecule has 0 saturated heterocycles. The predicted molar refractivity (Wildman–Crippen MR) is 153 cm³/mol. The Labute approximate surface area is 235 Å². The van der Waals surface area contributed by atoms with Crippen molar-refractivity contribution in [3.05, 3.63) is 96.1 Å². The Morgan fingerprint density at radius 1 is 0.925 bits per heavy atom. The topological polar surface area (TPSA) is 104 Å². The van der Waals surface area contributed by atoms with Crippen LogP contribution >= 0.6 is 0 Å². The van der Waals surface area contributed by atoms with E-state index in [2.05, 4.69) is 4.98 Å². The minimum absolute atomic E-state index is 0.00912. The third-order valence-electron chi connectivity index (χ3n) is 7.44. The van der Waals surface area contributed by atoms with Gasteiger partial charge in [0.25, 0.3) is 15.9 Å². The molecular formula is C31H35N3O5S. The van der Waals surface area contributed by atoms with Gasteiger partial charge in [0.05, 0.1) is 6.10 Å². The van der Waals surface area contributed by atoms with Gasteiger partial charge >= 0.3 is 5.22 Å². The average molecular weight is 562 g/mol. The lowest BCUT2D eigenvalue weighted by molar-refractivity contribution is 0.0583. The van der Waals surface area contributed by atoms with Crippen LogP contribution in [-0.2, 0) is 16.4 Å². The first kappa shape index (κ1) is 28.0. The smallest absolute Gasteiger partial charge is 0.332 e. The van der Waals surface area contributed by atoms with Crippen LogP contribution in [-0.4, -0.2) is 65.9 Å². The highest BCUT2D eigenvalue weighted by molar-refractivity contribution is 7.88. The first-order valence-corrected chi connectivity index (χ1v) is 15.3. The summed E-state index contributed by atoms with van der Waals surface area (Å²) in [7, 11) is -4.12. The highest BCUT2D eigenvalue weighted by Crippen LogP contribution is 2.29. The summed E-state index contributed by atoms with van der Waals surface area (Å²) in [5.41, 5.74) is 2.44. The molecule has 0 spiro atoms. The van der Waals surface area contributed by atoms with Crippen LogP contribution in [0.1, 0.15) is 41.6 Å². The number of carbonyl (C=O) groups excluding carboxylic acids is 1. The molecule has 1 N–H and O–H groups in total. The van der Waals surface area contributed by atoms with Crippen LogP contribution in [0.15, 0.2) is 94.6 Å². The van der Waals surface area contributed by atoms with Crippen LogP contribution < -0.4 is 0 Å². The largest absolute Gasteiger partial charge is 0.427 e. The summed E-state index contributed by atoms with van der Waals surface area (Å²) in [6.45, 7) is 0.482. The molecule has 5 rings (SSSR count). The van der Waals surface area contributed by atoms with Gasteiger partial charge in [0.1, 0.15) is 5.52 Å². The van der Waals surface area contributed by atoms with E-state index in [0.29, 0.717) is 29.6 Å². The molecule has 0 unspecified atom stereocenters. The van der Waals surface area contributed by atoms with Crippen molar-refractivity contribution in [2.75, 3.05) is 26.2 Å². The number of aliphatic hydroxyl groups is 1. The highest BCUT2D eigenvalue weighted by atomic mass is 32.2. The fraction of sp³-hybridized carbons (Fsp3) is 0.355. The molecule has 1 aliphatic rings. The van der Waals surface area contributed by atoms with Crippen molar-refractivity contribution in [1.29, 1.82) is 0 Å². The van der Waals surface area contributed by atoms with Crippen LogP contribution in [0.25, 0.3) is 11.1 Å². The first-order chi connectivity index (χ1) is 19.4. The Hall–Kier alpha value is -3.53. The number of sulfonamides is 1. The number of aromatic nitrogens is 1. The summed E-state index contributed by atoms with van der Waals surface area (Å²) < 4.78 is 34.4. The number of hydrogen-bond acceptors (Lipinski definition) is 6. The minimum atomic E-state index is -4.12. The highest BCUT2D eigenvalue weighted by Gasteiger charge is 2.34. The maximum Gasteiger partial charge on any atom is 0.332 e. The van der Waals surface area contributed by atoms with E-state index in [1.165, 1.54) is 4.31 Å². The van der Waals surface area contributed by atoms with Gasteiger partial charge < -0.3 is 14.4 Å². The van der Waals surface area contributed by atoms with Crippen LogP contribution in [0, 0.1) is 5.92 Å². The molecule has 1 atom stereocenters. The summed E-state index contributed by atoms with van der Waals surface area (Å²) in [6, 6.07) is 25.7. The number of carbonyl (C=O) groups is 1. The molecule has 0 aliphatic heterocycles. The normalized spacial score (nSPS) is 15.1. The second-order valence-electron chi connectivity index (χ2n) is 10.4. The van der Waals surface area contributed by atoms with E-state index in [9.17, 15) is 18.3 Å². The van der Waals surface area contributed by atoms with Crippen molar-refractivity contribution < 1.29 is 22.7 Å². The van der Waals surface area contributed by atoms with Crippen LogP contribution in [0.5, 0.6) is 0 Å². The average Bonchev–Trinajstić information content (AvgIpc) is 3.66. The van der Waals surface area contributed by atoms with Crippen LogP contribution in [0.4, 0.5) is 0 Å². The SMILES string of the molecule is O=C(c1ccccc1)N(CCc1ccccc1)C[C@H](O)CN(CC1CCCC1)S(=O)(=O)c1nc2ccccc2o1. The summed E-state index contributed by atoms with van der Waals surface area (Å²) >= 11 is 0. The zero-order chi connectivity index (χ0) is 28.0. The molecule has 0 bridgehead atoms. The number of fused-ring (bicyclic) bond motifs is 1. The number of amides is 1. The molecule has 1 amide bonds. The molecule has 8 nitrogen and oxygen atoms in total. The van der Waals surface area contributed by atoms with Gasteiger partial charge in [0.15, 0.2) is 5.58 Å². The third kappa shape index (κ3) is 6.78. The predicted octanol–water partition coefficient (Wildman–Crippen LogP) is 4.75. The molecule has 1 heterocycles. The molecule has 210 valence electrons. The lowest BCUT2D eigenvalue weighted by Crippen LogP contribution is -2.46. The zero-order valence-corrected chi connectivity index (χ0v) is 23.2. The Morgan fingerprint density at radius 3 is 2.27 bits per heavy atom. The molecule has 1 saturated carbocycles. The van der Waals surface area contributed by atoms with Gasteiger partial charge in [0.2, 0.25) is 0 Å². The van der Waals surface area contributed by atoms with Gasteiger partial charge in [-0.2, -0.15) is 9.29 Å². The van der Waals surface area contributed by atoms with E-state index in [0.717, 1.165) is 31.2 Å². The molecule has 1 aromatic heterocycles. The number of oxazole rings is 1. The van der Waals surface area contributed by atoms with E-state index in [4.69, 9.17) is 4.42 Å².